The van der Waals surface area contributed by atoms with Gasteiger partial charge in [0.25, 0.3) is 0 Å². The van der Waals surface area contributed by atoms with E-state index < -0.39 is 20.3 Å². The molecule has 2 N–H and O–H groups in total. The number of hydrogen-bond donors (Lipinski definition) is 2. The molecule has 0 aromatic carbocycles. The number of thiazole rings is 2. The molecule has 0 radical (unpaired) electrons. The SMILES string of the molecule is C[Si](C)(C)C#Cc1scnc1C(O)(CO)c1ncsc1Br. The second-order valence-corrected chi connectivity index (χ2v) is 13.3. The smallest absolute Gasteiger partial charge is 0.175 e. The Morgan fingerprint density at radius 1 is 1.24 bits per heavy atom. The third-order valence-electron chi connectivity index (χ3n) is 2.65. The van der Waals surface area contributed by atoms with Crippen LogP contribution >= 0.6 is 38.6 Å². The number of nitrogens with zero attached hydrogens (tertiary/aromatic N) is 2. The zero-order valence-corrected chi connectivity index (χ0v) is 16.1. The number of rotatable bonds is 3. The average molecular weight is 403 g/mol. The fourth-order valence-electron chi connectivity index (χ4n) is 1.64. The highest BCUT2D eigenvalue weighted by atomic mass is 79.9. The third-order valence-corrected chi connectivity index (χ3v) is 5.82. The van der Waals surface area contributed by atoms with E-state index in [4.69, 9.17) is 0 Å². The predicted molar refractivity (Wildman–Crippen MR) is 92.2 cm³/mol. The van der Waals surface area contributed by atoms with Crippen molar-refractivity contribution in [2.24, 2.45) is 0 Å². The first-order valence-corrected chi connectivity index (χ1v) is 12.2. The van der Waals surface area contributed by atoms with E-state index in [-0.39, 0.29) is 0 Å². The lowest BCUT2D eigenvalue weighted by atomic mass is 9.96. The van der Waals surface area contributed by atoms with E-state index >= 15 is 0 Å². The van der Waals surface area contributed by atoms with Gasteiger partial charge in [0.15, 0.2) is 5.60 Å². The van der Waals surface area contributed by atoms with Crippen LogP contribution in [0.15, 0.2) is 14.8 Å². The van der Waals surface area contributed by atoms with E-state index in [9.17, 15) is 10.2 Å². The molecule has 21 heavy (non-hydrogen) atoms. The van der Waals surface area contributed by atoms with Crippen molar-refractivity contribution in [3.63, 3.8) is 0 Å². The molecule has 2 aromatic heterocycles. The van der Waals surface area contributed by atoms with Gasteiger partial charge in [-0.15, -0.1) is 28.2 Å². The van der Waals surface area contributed by atoms with Crippen LogP contribution in [0.25, 0.3) is 0 Å². The molecule has 0 aliphatic carbocycles. The van der Waals surface area contributed by atoms with Crippen molar-refractivity contribution < 1.29 is 10.2 Å². The van der Waals surface area contributed by atoms with Crippen LogP contribution in [-0.4, -0.2) is 34.9 Å². The molecule has 2 aromatic rings. The molecule has 0 fully saturated rings. The van der Waals surface area contributed by atoms with Gasteiger partial charge in [0, 0.05) is 0 Å². The van der Waals surface area contributed by atoms with Crippen LogP contribution < -0.4 is 0 Å². The average Bonchev–Trinajstić information content (AvgIpc) is 3.03. The molecule has 2 rings (SSSR count). The van der Waals surface area contributed by atoms with Gasteiger partial charge in [-0.25, -0.2) is 9.97 Å². The molecule has 0 aliphatic heterocycles. The Kier molecular flexibility index (Phi) is 5.02. The molecule has 0 saturated heterocycles. The first-order valence-electron chi connectivity index (χ1n) is 6.18. The van der Waals surface area contributed by atoms with Crippen molar-refractivity contribution >= 4 is 46.7 Å². The quantitative estimate of drug-likeness (QED) is 0.611. The Morgan fingerprint density at radius 2 is 1.86 bits per heavy atom. The summed E-state index contributed by atoms with van der Waals surface area (Å²) in [5.74, 6) is 3.11. The van der Waals surface area contributed by atoms with Crippen molar-refractivity contribution in [2.75, 3.05) is 6.61 Å². The molecule has 112 valence electrons. The lowest BCUT2D eigenvalue weighted by Crippen LogP contribution is -2.33. The largest absolute Gasteiger partial charge is 0.393 e. The fraction of sp³-hybridized carbons (Fsp3) is 0.385. The minimum atomic E-state index is -1.64. The number of aliphatic hydroxyl groups is 2. The van der Waals surface area contributed by atoms with Crippen LogP contribution in [0.5, 0.6) is 0 Å². The number of halogens is 1. The van der Waals surface area contributed by atoms with Crippen LogP contribution in [0, 0.1) is 11.5 Å². The van der Waals surface area contributed by atoms with Crippen molar-refractivity contribution in [3.8, 4) is 11.5 Å². The highest BCUT2D eigenvalue weighted by Crippen LogP contribution is 2.36. The number of aliphatic hydroxyl groups excluding tert-OH is 1. The monoisotopic (exact) mass is 402 g/mol. The normalized spacial score (nSPS) is 14.4. The Labute approximate surface area is 141 Å². The van der Waals surface area contributed by atoms with Gasteiger partial charge in [-0.1, -0.05) is 25.6 Å². The number of aromatic nitrogens is 2. The maximum atomic E-state index is 10.9. The van der Waals surface area contributed by atoms with Gasteiger partial charge in [0.2, 0.25) is 0 Å². The zero-order valence-electron chi connectivity index (χ0n) is 11.8. The van der Waals surface area contributed by atoms with Crippen LogP contribution in [0.1, 0.15) is 16.3 Å². The van der Waals surface area contributed by atoms with Crippen LogP contribution in [0.4, 0.5) is 0 Å². The summed E-state index contributed by atoms with van der Waals surface area (Å²) in [6.45, 7) is 5.95. The van der Waals surface area contributed by atoms with Crippen LogP contribution in [0.2, 0.25) is 19.6 Å². The molecule has 1 unspecified atom stereocenters. The van der Waals surface area contributed by atoms with Crippen LogP contribution in [0.3, 0.4) is 0 Å². The van der Waals surface area contributed by atoms with E-state index in [1.54, 1.807) is 11.0 Å². The summed E-state index contributed by atoms with van der Waals surface area (Å²) >= 11 is 6.07. The van der Waals surface area contributed by atoms with E-state index in [1.807, 2.05) is 0 Å². The summed E-state index contributed by atoms with van der Waals surface area (Å²) in [6, 6.07) is 0. The second kappa shape index (κ2) is 6.28. The molecule has 8 heteroatoms. The Hall–Kier alpha value is -0.563. The Morgan fingerprint density at radius 3 is 2.38 bits per heavy atom. The highest BCUT2D eigenvalue weighted by Gasteiger charge is 2.39. The summed E-state index contributed by atoms with van der Waals surface area (Å²) in [4.78, 5) is 9.05. The second-order valence-electron chi connectivity index (χ2n) is 5.52. The summed E-state index contributed by atoms with van der Waals surface area (Å²) in [6.07, 6.45) is 0. The number of hydrogen-bond acceptors (Lipinski definition) is 6. The molecule has 2 heterocycles. The molecule has 0 saturated carbocycles. The topological polar surface area (TPSA) is 66.2 Å². The first-order chi connectivity index (χ1) is 9.78. The van der Waals surface area contributed by atoms with Gasteiger partial charge in [-0.05, 0) is 15.9 Å². The first kappa shape index (κ1) is 16.8. The van der Waals surface area contributed by atoms with Crippen molar-refractivity contribution in [1.82, 2.24) is 9.97 Å². The summed E-state index contributed by atoms with van der Waals surface area (Å²) in [7, 11) is -1.53. The molecule has 0 spiro atoms. The van der Waals surface area contributed by atoms with Crippen LogP contribution in [-0.2, 0) is 5.60 Å². The maximum absolute atomic E-state index is 10.9. The maximum Gasteiger partial charge on any atom is 0.175 e. The van der Waals surface area contributed by atoms with Gasteiger partial charge in [0.05, 0.1) is 21.4 Å². The lowest BCUT2D eigenvalue weighted by molar-refractivity contribution is 0.0104. The fourth-order valence-corrected chi connectivity index (χ4v) is 4.20. The summed E-state index contributed by atoms with van der Waals surface area (Å²) < 4.78 is 0.677. The minimum absolute atomic E-state index is 0.368. The minimum Gasteiger partial charge on any atom is -0.393 e. The van der Waals surface area contributed by atoms with E-state index in [0.717, 1.165) is 0 Å². The van der Waals surface area contributed by atoms with Gasteiger partial charge < -0.3 is 10.2 Å². The third kappa shape index (κ3) is 3.61. The van der Waals surface area contributed by atoms with Crippen molar-refractivity contribution in [3.05, 3.63) is 31.1 Å². The predicted octanol–water partition coefficient (Wildman–Crippen LogP) is 2.82. The zero-order chi connectivity index (χ0) is 15.7. The molecular formula is C13H15BrN2O2S2Si. The van der Waals surface area contributed by atoms with Crippen molar-refractivity contribution in [2.45, 2.75) is 25.2 Å². The van der Waals surface area contributed by atoms with Crippen molar-refractivity contribution in [1.29, 1.82) is 0 Å². The molecular weight excluding hydrogens is 388 g/mol. The van der Waals surface area contributed by atoms with Gasteiger partial charge >= 0.3 is 0 Å². The Balaban J connectivity index is 2.52. The molecule has 0 bridgehead atoms. The van der Waals surface area contributed by atoms with E-state index in [1.165, 1.54) is 22.7 Å². The highest BCUT2D eigenvalue weighted by molar-refractivity contribution is 9.11. The van der Waals surface area contributed by atoms with E-state index in [0.29, 0.717) is 20.1 Å². The van der Waals surface area contributed by atoms with E-state index in [2.05, 4.69) is 57.0 Å². The van der Waals surface area contributed by atoms with Gasteiger partial charge in [-0.3, -0.25) is 0 Å². The van der Waals surface area contributed by atoms with Gasteiger partial charge in [-0.2, -0.15) is 0 Å². The summed E-state index contributed by atoms with van der Waals surface area (Å²) in [5, 5.41) is 20.6. The standard InChI is InChI=1S/C13H15BrN2O2S2Si/c1-21(2,3)5-4-9-10(15-7-19-9)13(18,6-17)11-12(14)20-8-16-11/h7-8,17-18H,6H2,1-3H3. The summed E-state index contributed by atoms with van der Waals surface area (Å²) in [5.41, 5.74) is 5.60. The molecule has 4 nitrogen and oxygen atoms in total. The molecule has 0 amide bonds. The van der Waals surface area contributed by atoms with Gasteiger partial charge in [0.1, 0.15) is 24.3 Å². The molecule has 1 atom stereocenters. The molecule has 0 aliphatic rings. The lowest BCUT2D eigenvalue weighted by Gasteiger charge is -2.23. The Bertz CT molecular complexity index is 699.